The summed E-state index contributed by atoms with van der Waals surface area (Å²) in [5.41, 5.74) is 2.75. The first-order valence-corrected chi connectivity index (χ1v) is 21.8. The quantitative estimate of drug-likeness (QED) is 0.153. The lowest BCUT2D eigenvalue weighted by atomic mass is 9.96. The molecule has 2 amide bonds. The van der Waals surface area contributed by atoms with Crippen molar-refractivity contribution in [1.82, 2.24) is 24.6 Å². The Kier molecular flexibility index (Phi) is 10.8. The zero-order valence-corrected chi connectivity index (χ0v) is 35.5. The molecule has 2 aliphatic rings. The van der Waals surface area contributed by atoms with Crippen LogP contribution in [0.4, 0.5) is 0 Å². The number of fused-ring (bicyclic) bond motifs is 3. The Morgan fingerprint density at radius 2 is 1.59 bits per heavy atom. The minimum absolute atomic E-state index is 0.183. The van der Waals surface area contributed by atoms with Crippen LogP contribution in [0.5, 0.6) is 0 Å². The predicted molar refractivity (Wildman–Crippen MR) is 223 cm³/mol. The molecule has 56 heavy (non-hydrogen) atoms. The molecule has 2 aromatic heterocycles. The fourth-order valence-electron chi connectivity index (χ4n) is 8.26. The van der Waals surface area contributed by atoms with Crippen LogP contribution in [0.3, 0.4) is 0 Å². The Morgan fingerprint density at radius 1 is 0.946 bits per heavy atom. The first-order valence-electron chi connectivity index (χ1n) is 19.1. The zero-order chi connectivity index (χ0) is 40.2. The highest BCUT2D eigenvalue weighted by atomic mass is 35.5. The average Bonchev–Trinajstić information content (AvgIpc) is 3.55. The number of hydrogen-bond acceptors (Lipinski definition) is 6. The molecule has 7 rings (SSSR count). The standard InChI is InChI=1S/C44H49Cl2N5O4Si/c1-28-22-39-35(26-49(28)41(52)30-18-20-36(45)37(46)23-30)40-42(53)50(29(2)38-21-19-31(24-47-38)44(6,7)54)25-32(51(40)48-39)27-55-56(43(3,4)5,33-14-10-8-11-15-33)34-16-12-9-13-17-34/h8-21,23-24,28-29,32,54H,22,25-27H2,1-7H3/t28-,29?,32+/m1/s1. The highest BCUT2D eigenvalue weighted by Crippen LogP contribution is 2.40. The average molecular weight is 811 g/mol. The number of amides is 2. The van der Waals surface area contributed by atoms with Gasteiger partial charge in [0.25, 0.3) is 20.1 Å². The van der Waals surface area contributed by atoms with E-state index in [0.29, 0.717) is 52.1 Å². The molecule has 0 aliphatic carbocycles. The molecule has 2 aliphatic heterocycles. The molecule has 4 heterocycles. The maximum atomic E-state index is 14.9. The zero-order valence-electron chi connectivity index (χ0n) is 33.0. The van der Waals surface area contributed by atoms with Crippen LogP contribution >= 0.6 is 23.2 Å². The molecule has 3 atom stereocenters. The monoisotopic (exact) mass is 809 g/mol. The summed E-state index contributed by atoms with van der Waals surface area (Å²) in [5.74, 6) is -0.379. The smallest absolute Gasteiger partial charge is 0.273 e. The van der Waals surface area contributed by atoms with Crippen LogP contribution in [0.2, 0.25) is 15.1 Å². The van der Waals surface area contributed by atoms with Gasteiger partial charge in [-0.05, 0) is 67.4 Å². The topological polar surface area (TPSA) is 101 Å². The van der Waals surface area contributed by atoms with Crippen molar-refractivity contribution in [3.63, 3.8) is 0 Å². The van der Waals surface area contributed by atoms with Crippen molar-refractivity contribution in [2.75, 3.05) is 13.2 Å². The summed E-state index contributed by atoms with van der Waals surface area (Å²) in [6, 6.07) is 28.7. The molecule has 5 aromatic rings. The van der Waals surface area contributed by atoms with Crippen molar-refractivity contribution in [1.29, 1.82) is 0 Å². The van der Waals surface area contributed by atoms with Crippen molar-refractivity contribution >= 4 is 53.7 Å². The van der Waals surface area contributed by atoms with Gasteiger partial charge >= 0.3 is 0 Å². The van der Waals surface area contributed by atoms with Gasteiger partial charge < -0.3 is 19.3 Å². The van der Waals surface area contributed by atoms with E-state index in [4.69, 9.17) is 37.7 Å². The third-order valence-corrected chi connectivity index (χ3v) is 17.1. The second kappa shape index (κ2) is 15.2. The van der Waals surface area contributed by atoms with E-state index in [1.807, 2.05) is 47.7 Å². The number of benzene rings is 3. The van der Waals surface area contributed by atoms with Gasteiger partial charge in [-0.25, -0.2) is 0 Å². The van der Waals surface area contributed by atoms with Crippen LogP contribution in [-0.2, 0) is 23.0 Å². The van der Waals surface area contributed by atoms with Crippen LogP contribution in [-0.4, -0.2) is 69.0 Å². The van der Waals surface area contributed by atoms with E-state index in [0.717, 1.165) is 21.6 Å². The van der Waals surface area contributed by atoms with Crippen molar-refractivity contribution in [2.24, 2.45) is 0 Å². The maximum Gasteiger partial charge on any atom is 0.273 e. The Bertz CT molecular complexity index is 2200. The third-order valence-electron chi connectivity index (χ3n) is 11.4. The molecule has 0 bridgehead atoms. The molecule has 0 spiro atoms. The summed E-state index contributed by atoms with van der Waals surface area (Å²) in [7, 11) is -2.96. The summed E-state index contributed by atoms with van der Waals surface area (Å²) in [4.78, 5) is 37.3. The minimum atomic E-state index is -2.96. The fraction of sp³-hybridized carbons (Fsp3) is 0.364. The molecular weight excluding hydrogens is 762 g/mol. The molecule has 1 N–H and O–H groups in total. The number of rotatable bonds is 9. The van der Waals surface area contributed by atoms with Gasteiger partial charge in [0.15, 0.2) is 0 Å². The van der Waals surface area contributed by atoms with Gasteiger partial charge in [-0.3, -0.25) is 19.3 Å². The number of pyridine rings is 1. The van der Waals surface area contributed by atoms with Crippen molar-refractivity contribution in [3.8, 4) is 0 Å². The Morgan fingerprint density at radius 3 is 2.14 bits per heavy atom. The third kappa shape index (κ3) is 7.22. The normalized spacial score (nSPS) is 18.1. The maximum absolute atomic E-state index is 14.9. The van der Waals surface area contributed by atoms with Crippen LogP contribution in [0.25, 0.3) is 0 Å². The molecule has 1 unspecified atom stereocenters. The molecule has 0 radical (unpaired) electrons. The van der Waals surface area contributed by atoms with Gasteiger partial charge in [-0.2, -0.15) is 5.10 Å². The number of halogens is 2. The van der Waals surface area contributed by atoms with Gasteiger partial charge in [0.1, 0.15) is 5.69 Å². The van der Waals surface area contributed by atoms with E-state index in [-0.39, 0.29) is 35.5 Å². The molecule has 9 nitrogen and oxygen atoms in total. The van der Waals surface area contributed by atoms with Crippen LogP contribution < -0.4 is 10.4 Å². The lowest BCUT2D eigenvalue weighted by Gasteiger charge is -2.45. The summed E-state index contributed by atoms with van der Waals surface area (Å²) >= 11 is 12.5. The van der Waals surface area contributed by atoms with Crippen LogP contribution in [0, 0.1) is 0 Å². The number of aliphatic hydroxyl groups is 1. The Balaban J connectivity index is 1.31. The number of carbonyl (C=O) groups excluding carboxylic acids is 2. The summed E-state index contributed by atoms with van der Waals surface area (Å²) in [6.45, 7) is 15.0. The number of nitrogens with zero attached hydrogens (tertiary/aromatic N) is 5. The van der Waals surface area contributed by atoms with E-state index in [1.54, 1.807) is 43.1 Å². The SMILES string of the molecule is CC(c1ccc(C(C)(C)O)cn1)N1C[C@@H](CO[Si](c2ccccc2)(c2ccccc2)C(C)(C)C)n2nc3c(c2C1=O)CN(C(=O)c1ccc(Cl)c(Cl)c1)[C@H](C)C3. The van der Waals surface area contributed by atoms with E-state index in [1.165, 1.54) is 0 Å². The minimum Gasteiger partial charge on any atom is -0.405 e. The largest absolute Gasteiger partial charge is 0.405 e. The van der Waals surface area contributed by atoms with E-state index in [9.17, 15) is 14.7 Å². The molecule has 12 heteroatoms. The van der Waals surface area contributed by atoms with Crippen molar-refractivity contribution < 1.29 is 19.1 Å². The van der Waals surface area contributed by atoms with Gasteiger partial charge in [-0.15, -0.1) is 0 Å². The summed E-state index contributed by atoms with van der Waals surface area (Å²) in [5, 5.41) is 18.5. The first kappa shape index (κ1) is 39.9. The highest BCUT2D eigenvalue weighted by Gasteiger charge is 2.51. The number of hydrogen-bond donors (Lipinski definition) is 1. The summed E-state index contributed by atoms with van der Waals surface area (Å²) < 4.78 is 9.36. The van der Waals surface area contributed by atoms with Gasteiger partial charge in [0.2, 0.25) is 0 Å². The van der Waals surface area contributed by atoms with E-state index in [2.05, 4.69) is 69.3 Å². The lowest BCUT2D eigenvalue weighted by Crippen LogP contribution is -2.67. The molecule has 0 saturated carbocycles. The first-order chi connectivity index (χ1) is 26.5. The fourth-order valence-corrected chi connectivity index (χ4v) is 13.2. The molecule has 0 fully saturated rings. The van der Waals surface area contributed by atoms with Gasteiger partial charge in [0, 0.05) is 41.9 Å². The van der Waals surface area contributed by atoms with Crippen LogP contribution in [0.15, 0.2) is 97.2 Å². The Hall–Kier alpha value is -4.32. The summed E-state index contributed by atoms with van der Waals surface area (Å²) in [6.07, 6.45) is 2.15. The molecule has 292 valence electrons. The van der Waals surface area contributed by atoms with E-state index >= 15 is 0 Å². The number of aromatic nitrogens is 3. The molecule has 0 saturated heterocycles. The second-order valence-electron chi connectivity index (χ2n) is 16.6. The number of carbonyl (C=O) groups is 2. The predicted octanol–water partition coefficient (Wildman–Crippen LogP) is 7.73. The Labute approximate surface area is 340 Å². The highest BCUT2D eigenvalue weighted by molar-refractivity contribution is 6.99. The van der Waals surface area contributed by atoms with Gasteiger partial charge in [-0.1, -0.05) is 111 Å². The van der Waals surface area contributed by atoms with Crippen molar-refractivity contribution in [2.45, 2.75) is 90.2 Å². The lowest BCUT2D eigenvalue weighted by molar-refractivity contribution is 0.0515. The van der Waals surface area contributed by atoms with E-state index < -0.39 is 20.0 Å². The van der Waals surface area contributed by atoms with Crippen LogP contribution in [0.1, 0.15) is 104 Å². The molecular formula is C44H49Cl2N5O4Si. The molecule has 3 aromatic carbocycles. The van der Waals surface area contributed by atoms with Gasteiger partial charge in [0.05, 0.1) is 52.3 Å². The van der Waals surface area contributed by atoms with Crippen molar-refractivity contribution in [3.05, 3.63) is 141 Å². The second-order valence-corrected chi connectivity index (χ2v) is 21.7.